The molecule has 0 radical (unpaired) electrons. The van der Waals surface area contributed by atoms with Gasteiger partial charge in [0, 0.05) is 12.4 Å². The number of halogens is 2. The van der Waals surface area contributed by atoms with Crippen LogP contribution in [0.3, 0.4) is 0 Å². The summed E-state index contributed by atoms with van der Waals surface area (Å²) in [5.74, 6) is 6.17. The Balaban J connectivity index is 2.84. The molecule has 0 aliphatic carbocycles. The number of hydrogen-bond donors (Lipinski definition) is 2. The molecule has 6 heteroatoms. The first-order chi connectivity index (χ1) is 7.74. The van der Waals surface area contributed by atoms with Crippen LogP contribution in [0.1, 0.15) is 37.9 Å². The maximum absolute atomic E-state index is 6.12. The van der Waals surface area contributed by atoms with Gasteiger partial charge >= 0.3 is 0 Å². The normalized spacial score (nSPS) is 13.0. The Kier molecular flexibility index (Phi) is 6.13. The minimum atomic E-state index is 0.0142. The van der Waals surface area contributed by atoms with Gasteiger partial charge in [-0.3, -0.25) is 16.0 Å². The molecule has 1 rings (SSSR count). The van der Waals surface area contributed by atoms with Gasteiger partial charge in [-0.15, -0.1) is 11.6 Å². The van der Waals surface area contributed by atoms with Crippen molar-refractivity contribution in [3.8, 4) is 0 Å². The molecule has 4 nitrogen and oxygen atoms in total. The van der Waals surface area contributed by atoms with Crippen molar-refractivity contribution in [2.24, 2.45) is 5.84 Å². The molecule has 1 unspecified atom stereocenters. The van der Waals surface area contributed by atoms with Crippen LogP contribution < -0.4 is 11.3 Å². The van der Waals surface area contributed by atoms with Gasteiger partial charge in [0.25, 0.3) is 0 Å². The molecule has 0 aliphatic rings. The van der Waals surface area contributed by atoms with Crippen molar-refractivity contribution in [1.82, 2.24) is 15.2 Å². The van der Waals surface area contributed by atoms with E-state index in [0.717, 1.165) is 31.5 Å². The van der Waals surface area contributed by atoms with E-state index in [1.165, 1.54) is 0 Å². The topological polar surface area (TPSA) is 55.9 Å². The fraction of sp³-hybridized carbons (Fsp3) is 0.700. The summed E-state index contributed by atoms with van der Waals surface area (Å²) < 4.78 is 1.90. The summed E-state index contributed by atoms with van der Waals surface area (Å²) in [6.07, 6.45) is 4.43. The van der Waals surface area contributed by atoms with E-state index in [2.05, 4.69) is 17.4 Å². The molecule has 0 fully saturated rings. The zero-order chi connectivity index (χ0) is 12.0. The smallest absolute Gasteiger partial charge is 0.0834 e. The van der Waals surface area contributed by atoms with Crippen molar-refractivity contribution < 1.29 is 0 Å². The van der Waals surface area contributed by atoms with E-state index in [1.54, 1.807) is 6.20 Å². The summed E-state index contributed by atoms with van der Waals surface area (Å²) in [6.45, 7) is 2.95. The molecule has 0 amide bonds. The van der Waals surface area contributed by atoms with Crippen LogP contribution >= 0.6 is 23.2 Å². The molecule has 1 atom stereocenters. The number of rotatable bonds is 7. The molecule has 3 N–H and O–H groups in total. The summed E-state index contributed by atoms with van der Waals surface area (Å²) in [4.78, 5) is 0. The maximum Gasteiger partial charge on any atom is 0.0834 e. The second kappa shape index (κ2) is 7.12. The number of aromatic nitrogens is 2. The minimum absolute atomic E-state index is 0.0142. The van der Waals surface area contributed by atoms with E-state index in [1.807, 2.05) is 4.68 Å². The highest BCUT2D eigenvalue weighted by Crippen LogP contribution is 2.25. The summed E-state index contributed by atoms with van der Waals surface area (Å²) in [5.41, 5.74) is 3.73. The van der Waals surface area contributed by atoms with E-state index in [-0.39, 0.29) is 6.04 Å². The highest BCUT2D eigenvalue weighted by Gasteiger charge is 2.18. The van der Waals surface area contributed by atoms with Crippen LogP contribution in [0.2, 0.25) is 5.02 Å². The Bertz CT molecular complexity index is 314. The molecular weight excluding hydrogens is 247 g/mol. The maximum atomic E-state index is 6.12. The van der Waals surface area contributed by atoms with Crippen LogP contribution in [0, 0.1) is 0 Å². The van der Waals surface area contributed by atoms with Crippen LogP contribution in [-0.2, 0) is 6.54 Å². The highest BCUT2D eigenvalue weighted by molar-refractivity contribution is 6.31. The molecule has 16 heavy (non-hydrogen) atoms. The lowest BCUT2D eigenvalue weighted by atomic mass is 10.1. The van der Waals surface area contributed by atoms with Gasteiger partial charge in [0.1, 0.15) is 0 Å². The SMILES string of the molecule is CCCn1ncc(Cl)c1C(CCCCl)NN. The molecule has 1 aromatic rings. The molecule has 0 saturated heterocycles. The summed E-state index contributed by atoms with van der Waals surface area (Å²) in [5, 5.41) is 4.90. The standard InChI is InChI=1S/C10H18Cl2N4/c1-2-6-16-10(8(12)7-14-16)9(15-13)4-3-5-11/h7,9,15H,2-6,13H2,1H3. The Hall–Kier alpha value is -0.290. The van der Waals surface area contributed by atoms with E-state index >= 15 is 0 Å². The third-order valence-corrected chi connectivity index (χ3v) is 2.98. The van der Waals surface area contributed by atoms with Gasteiger partial charge < -0.3 is 0 Å². The number of nitrogens with one attached hydrogen (secondary N) is 1. The fourth-order valence-corrected chi connectivity index (χ4v) is 2.12. The molecule has 92 valence electrons. The van der Waals surface area contributed by atoms with Crippen molar-refractivity contribution >= 4 is 23.2 Å². The average Bonchev–Trinajstić information content (AvgIpc) is 2.63. The molecule has 0 aromatic carbocycles. The minimum Gasteiger partial charge on any atom is -0.271 e. The number of nitrogens with zero attached hydrogens (tertiary/aromatic N) is 2. The van der Waals surface area contributed by atoms with Gasteiger partial charge in [0.2, 0.25) is 0 Å². The largest absolute Gasteiger partial charge is 0.271 e. The number of nitrogens with two attached hydrogens (primary N) is 1. The molecule has 1 heterocycles. The number of alkyl halides is 1. The Morgan fingerprint density at radius 3 is 2.94 bits per heavy atom. The second-order valence-electron chi connectivity index (χ2n) is 3.65. The third kappa shape index (κ3) is 3.35. The van der Waals surface area contributed by atoms with Crippen molar-refractivity contribution in [3.05, 3.63) is 16.9 Å². The molecule has 1 aromatic heterocycles. The quantitative estimate of drug-likeness (QED) is 0.452. The Labute approximate surface area is 106 Å². The summed E-state index contributed by atoms with van der Waals surface area (Å²) >= 11 is 11.8. The summed E-state index contributed by atoms with van der Waals surface area (Å²) in [6, 6.07) is 0.0142. The van der Waals surface area contributed by atoms with Crippen molar-refractivity contribution in [1.29, 1.82) is 0 Å². The van der Waals surface area contributed by atoms with Crippen LogP contribution in [0.4, 0.5) is 0 Å². The van der Waals surface area contributed by atoms with E-state index < -0.39 is 0 Å². The van der Waals surface area contributed by atoms with Crippen molar-refractivity contribution in [3.63, 3.8) is 0 Å². The summed E-state index contributed by atoms with van der Waals surface area (Å²) in [7, 11) is 0. The van der Waals surface area contributed by atoms with Gasteiger partial charge in [0.15, 0.2) is 0 Å². The molecule has 0 saturated carbocycles. The van der Waals surface area contributed by atoms with Crippen LogP contribution in [0.15, 0.2) is 6.20 Å². The van der Waals surface area contributed by atoms with E-state index in [0.29, 0.717) is 10.9 Å². The van der Waals surface area contributed by atoms with E-state index in [4.69, 9.17) is 29.0 Å². The first-order valence-electron chi connectivity index (χ1n) is 5.47. The van der Waals surface area contributed by atoms with Crippen LogP contribution in [0.25, 0.3) is 0 Å². The van der Waals surface area contributed by atoms with Crippen LogP contribution in [0.5, 0.6) is 0 Å². The van der Waals surface area contributed by atoms with Gasteiger partial charge in [-0.05, 0) is 19.3 Å². The van der Waals surface area contributed by atoms with Crippen LogP contribution in [-0.4, -0.2) is 15.7 Å². The second-order valence-corrected chi connectivity index (χ2v) is 4.44. The molecule has 0 bridgehead atoms. The molecular formula is C10H18Cl2N4. The predicted octanol–water partition coefficient (Wildman–Crippen LogP) is 2.47. The number of hydrazine groups is 1. The van der Waals surface area contributed by atoms with Gasteiger partial charge in [0.05, 0.1) is 23.0 Å². The number of aryl methyl sites for hydroxylation is 1. The average molecular weight is 265 g/mol. The Morgan fingerprint density at radius 2 is 2.38 bits per heavy atom. The first-order valence-corrected chi connectivity index (χ1v) is 6.39. The lowest BCUT2D eigenvalue weighted by molar-refractivity contribution is 0.455. The fourth-order valence-electron chi connectivity index (χ4n) is 1.69. The zero-order valence-corrected chi connectivity index (χ0v) is 10.9. The lowest BCUT2D eigenvalue weighted by Gasteiger charge is -2.17. The van der Waals surface area contributed by atoms with Gasteiger partial charge in [-0.2, -0.15) is 5.10 Å². The third-order valence-electron chi connectivity index (χ3n) is 2.43. The number of hydrogen-bond acceptors (Lipinski definition) is 3. The first kappa shape index (κ1) is 13.8. The van der Waals surface area contributed by atoms with Gasteiger partial charge in [-0.25, -0.2) is 0 Å². The van der Waals surface area contributed by atoms with Crippen molar-refractivity contribution in [2.75, 3.05) is 5.88 Å². The van der Waals surface area contributed by atoms with Crippen molar-refractivity contribution in [2.45, 2.75) is 38.8 Å². The Morgan fingerprint density at radius 1 is 1.62 bits per heavy atom. The predicted molar refractivity (Wildman–Crippen MR) is 67.5 cm³/mol. The lowest BCUT2D eigenvalue weighted by Crippen LogP contribution is -2.30. The van der Waals surface area contributed by atoms with E-state index in [9.17, 15) is 0 Å². The molecule has 0 aliphatic heterocycles. The van der Waals surface area contributed by atoms with Gasteiger partial charge in [-0.1, -0.05) is 18.5 Å². The monoisotopic (exact) mass is 264 g/mol. The molecule has 0 spiro atoms. The highest BCUT2D eigenvalue weighted by atomic mass is 35.5. The zero-order valence-electron chi connectivity index (χ0n) is 9.42.